The molecule has 1 aromatic rings. The summed E-state index contributed by atoms with van der Waals surface area (Å²) in [6, 6.07) is 5.04. The smallest absolute Gasteiger partial charge is 0.230 e. The average Bonchev–Trinajstić information content (AvgIpc) is 2.53. The van der Waals surface area contributed by atoms with Crippen LogP contribution in [0.4, 0.5) is 17.1 Å². The van der Waals surface area contributed by atoms with Crippen molar-refractivity contribution in [3.05, 3.63) is 18.2 Å². The van der Waals surface area contributed by atoms with E-state index < -0.39 is 10.8 Å². The van der Waals surface area contributed by atoms with Gasteiger partial charge in [-0.05, 0) is 31.0 Å². The zero-order valence-electron chi connectivity index (χ0n) is 16.9. The van der Waals surface area contributed by atoms with E-state index in [9.17, 15) is 14.4 Å². The largest absolute Gasteiger partial charge is 0.326 e. The topological polar surface area (TPSA) is 87.3 Å². The molecule has 3 amide bonds. The maximum absolute atomic E-state index is 12.5. The Labute approximate surface area is 156 Å². The number of amides is 3. The number of nitrogens with one attached hydrogen (secondary N) is 3. The van der Waals surface area contributed by atoms with Crippen molar-refractivity contribution in [1.82, 2.24) is 0 Å². The quantitative estimate of drug-likeness (QED) is 0.673. The van der Waals surface area contributed by atoms with Crippen molar-refractivity contribution in [2.45, 2.75) is 61.3 Å². The molecule has 0 aromatic heterocycles. The zero-order valence-corrected chi connectivity index (χ0v) is 16.9. The molecule has 6 nitrogen and oxygen atoms in total. The van der Waals surface area contributed by atoms with Gasteiger partial charge in [-0.1, -0.05) is 41.5 Å². The summed E-state index contributed by atoms with van der Waals surface area (Å²) < 4.78 is 0. The van der Waals surface area contributed by atoms with Crippen LogP contribution in [0.5, 0.6) is 0 Å². The van der Waals surface area contributed by atoms with Gasteiger partial charge in [0.1, 0.15) is 0 Å². The highest BCUT2D eigenvalue weighted by molar-refractivity contribution is 5.99. The third kappa shape index (κ3) is 5.86. The second-order valence-corrected chi connectivity index (χ2v) is 7.86. The van der Waals surface area contributed by atoms with Gasteiger partial charge in [-0.25, -0.2) is 0 Å². The first-order chi connectivity index (χ1) is 11.9. The number of hydrogen-bond donors (Lipinski definition) is 3. The van der Waals surface area contributed by atoms with E-state index in [0.717, 1.165) is 0 Å². The number of carbonyl (C=O) groups excluding carboxylic acids is 3. The van der Waals surface area contributed by atoms with Crippen LogP contribution < -0.4 is 16.0 Å². The summed E-state index contributed by atoms with van der Waals surface area (Å²) in [6.07, 6.45) is 1.39. The molecule has 144 valence electrons. The Morgan fingerprint density at radius 1 is 0.731 bits per heavy atom. The molecule has 6 heteroatoms. The summed E-state index contributed by atoms with van der Waals surface area (Å²) in [5, 5.41) is 8.44. The SMILES string of the molecule is CCC(C)(C)C(=O)Nc1cc(NC(C)=O)cc(NC(=O)C(C)(C)CC)c1. The highest BCUT2D eigenvalue weighted by Crippen LogP contribution is 2.28. The highest BCUT2D eigenvalue weighted by atomic mass is 16.2. The van der Waals surface area contributed by atoms with Crippen LogP contribution in [-0.4, -0.2) is 17.7 Å². The Kier molecular flexibility index (Phi) is 6.95. The van der Waals surface area contributed by atoms with Crippen molar-refractivity contribution in [2.75, 3.05) is 16.0 Å². The molecule has 0 saturated heterocycles. The number of rotatable bonds is 7. The fourth-order valence-electron chi connectivity index (χ4n) is 1.97. The van der Waals surface area contributed by atoms with Crippen LogP contribution in [0.25, 0.3) is 0 Å². The van der Waals surface area contributed by atoms with Gasteiger partial charge in [0, 0.05) is 34.8 Å². The van der Waals surface area contributed by atoms with E-state index in [2.05, 4.69) is 16.0 Å². The standard InChI is InChI=1S/C20H31N3O3/c1-8-19(4,5)17(25)22-15-10-14(21-13(3)24)11-16(12-15)23-18(26)20(6,7)9-2/h10-12H,8-9H2,1-7H3,(H,21,24)(H,22,25)(H,23,26). The second-order valence-electron chi connectivity index (χ2n) is 7.86. The van der Waals surface area contributed by atoms with Gasteiger partial charge in [0.25, 0.3) is 0 Å². The summed E-state index contributed by atoms with van der Waals surface area (Å²) in [4.78, 5) is 36.3. The van der Waals surface area contributed by atoms with Gasteiger partial charge in [-0.2, -0.15) is 0 Å². The van der Waals surface area contributed by atoms with Gasteiger partial charge in [0.2, 0.25) is 17.7 Å². The predicted octanol–water partition coefficient (Wildman–Crippen LogP) is 4.39. The Morgan fingerprint density at radius 3 is 1.31 bits per heavy atom. The number of benzene rings is 1. The number of hydrogen-bond acceptors (Lipinski definition) is 3. The molecule has 0 aliphatic rings. The van der Waals surface area contributed by atoms with E-state index in [-0.39, 0.29) is 17.7 Å². The van der Waals surface area contributed by atoms with Gasteiger partial charge in [0.15, 0.2) is 0 Å². The highest BCUT2D eigenvalue weighted by Gasteiger charge is 2.27. The van der Waals surface area contributed by atoms with Crippen molar-refractivity contribution in [3.63, 3.8) is 0 Å². The van der Waals surface area contributed by atoms with E-state index in [1.807, 2.05) is 41.5 Å². The monoisotopic (exact) mass is 361 g/mol. The molecule has 3 N–H and O–H groups in total. The van der Waals surface area contributed by atoms with Crippen LogP contribution >= 0.6 is 0 Å². The third-order valence-electron chi connectivity index (χ3n) is 4.77. The summed E-state index contributed by atoms with van der Waals surface area (Å²) >= 11 is 0. The lowest BCUT2D eigenvalue weighted by molar-refractivity contribution is -0.124. The van der Waals surface area contributed by atoms with Crippen LogP contribution in [-0.2, 0) is 14.4 Å². The molecule has 0 bridgehead atoms. The molecule has 26 heavy (non-hydrogen) atoms. The summed E-state index contributed by atoms with van der Waals surface area (Å²) in [5.74, 6) is -0.467. The van der Waals surface area contributed by atoms with Crippen molar-refractivity contribution in [2.24, 2.45) is 10.8 Å². The van der Waals surface area contributed by atoms with Gasteiger partial charge in [-0.15, -0.1) is 0 Å². The van der Waals surface area contributed by atoms with E-state index in [1.54, 1.807) is 18.2 Å². The minimum atomic E-state index is -0.516. The maximum Gasteiger partial charge on any atom is 0.230 e. The van der Waals surface area contributed by atoms with Gasteiger partial charge in [-0.3, -0.25) is 14.4 Å². The minimum absolute atomic E-state index is 0.119. The Bertz CT molecular complexity index is 645. The molecular weight excluding hydrogens is 330 g/mol. The second kappa shape index (κ2) is 8.34. The molecule has 0 aliphatic heterocycles. The van der Waals surface area contributed by atoms with Gasteiger partial charge >= 0.3 is 0 Å². The van der Waals surface area contributed by atoms with Crippen LogP contribution in [0, 0.1) is 10.8 Å². The molecule has 0 unspecified atom stereocenters. The van der Waals surface area contributed by atoms with Gasteiger partial charge in [0.05, 0.1) is 0 Å². The molecule has 0 fully saturated rings. The summed E-state index contributed by atoms with van der Waals surface area (Å²) in [5.41, 5.74) is 0.517. The molecule has 0 radical (unpaired) electrons. The third-order valence-corrected chi connectivity index (χ3v) is 4.77. The van der Waals surface area contributed by atoms with Crippen molar-refractivity contribution in [1.29, 1.82) is 0 Å². The lowest BCUT2D eigenvalue weighted by Crippen LogP contribution is -2.31. The Balaban J connectivity index is 3.16. The summed E-state index contributed by atoms with van der Waals surface area (Å²) in [7, 11) is 0. The normalized spacial score (nSPS) is 11.7. The van der Waals surface area contributed by atoms with E-state index >= 15 is 0 Å². The zero-order chi connectivity index (χ0) is 20.1. The molecule has 1 rings (SSSR count). The first-order valence-corrected chi connectivity index (χ1v) is 8.97. The van der Waals surface area contributed by atoms with Crippen LogP contribution in [0.3, 0.4) is 0 Å². The molecule has 0 aliphatic carbocycles. The number of carbonyl (C=O) groups is 3. The van der Waals surface area contributed by atoms with Crippen molar-refractivity contribution < 1.29 is 14.4 Å². The fraction of sp³-hybridized carbons (Fsp3) is 0.550. The number of anilines is 3. The molecule has 0 saturated carbocycles. The molecular formula is C20H31N3O3. The maximum atomic E-state index is 12.5. The Hall–Kier alpha value is -2.37. The van der Waals surface area contributed by atoms with Crippen molar-refractivity contribution >= 4 is 34.8 Å². The average molecular weight is 361 g/mol. The summed E-state index contributed by atoms with van der Waals surface area (Å²) in [6.45, 7) is 12.8. The molecule has 0 spiro atoms. The first-order valence-electron chi connectivity index (χ1n) is 8.97. The predicted molar refractivity (Wildman–Crippen MR) is 106 cm³/mol. The molecule has 1 aromatic carbocycles. The lowest BCUT2D eigenvalue weighted by atomic mass is 9.89. The van der Waals surface area contributed by atoms with E-state index in [4.69, 9.17) is 0 Å². The van der Waals surface area contributed by atoms with Gasteiger partial charge < -0.3 is 16.0 Å². The lowest BCUT2D eigenvalue weighted by Gasteiger charge is -2.23. The van der Waals surface area contributed by atoms with E-state index in [1.165, 1.54) is 6.92 Å². The first kappa shape index (κ1) is 21.7. The van der Waals surface area contributed by atoms with Crippen LogP contribution in [0.1, 0.15) is 61.3 Å². The van der Waals surface area contributed by atoms with Crippen LogP contribution in [0.2, 0.25) is 0 Å². The van der Waals surface area contributed by atoms with Crippen LogP contribution in [0.15, 0.2) is 18.2 Å². The minimum Gasteiger partial charge on any atom is -0.326 e. The Morgan fingerprint density at radius 2 is 1.04 bits per heavy atom. The van der Waals surface area contributed by atoms with Crippen molar-refractivity contribution in [3.8, 4) is 0 Å². The molecule has 0 heterocycles. The fourth-order valence-corrected chi connectivity index (χ4v) is 1.97. The molecule has 0 atom stereocenters. The van der Waals surface area contributed by atoms with E-state index in [0.29, 0.717) is 29.9 Å².